The van der Waals surface area contributed by atoms with Crippen molar-refractivity contribution in [1.82, 2.24) is 9.88 Å². The van der Waals surface area contributed by atoms with Crippen LogP contribution in [0.4, 0.5) is 14.9 Å². The minimum absolute atomic E-state index is 0. The highest BCUT2D eigenvalue weighted by atomic mass is 35.5. The summed E-state index contributed by atoms with van der Waals surface area (Å²) in [6.45, 7) is 4.88. The number of carboxylic acid groups (broad SMARTS) is 1. The van der Waals surface area contributed by atoms with Crippen LogP contribution in [0, 0.1) is 11.7 Å². The molecule has 0 radical (unpaired) electrons. The van der Waals surface area contributed by atoms with Gasteiger partial charge in [-0.15, -0.1) is 12.4 Å². The third-order valence-electron chi connectivity index (χ3n) is 5.59. The largest absolute Gasteiger partial charge is 0.511 e. The zero-order chi connectivity index (χ0) is 19.1. The van der Waals surface area contributed by atoms with Gasteiger partial charge in [0.05, 0.1) is 22.8 Å². The molecule has 0 saturated carbocycles. The molecule has 3 heterocycles. The minimum atomic E-state index is -1.57. The molecular weight excluding hydrogens is 389 g/mol. The number of halogens is 2. The first kappa shape index (κ1) is 20.4. The van der Waals surface area contributed by atoms with Gasteiger partial charge in [-0.05, 0) is 44.4 Å². The van der Waals surface area contributed by atoms with Gasteiger partial charge in [0.1, 0.15) is 5.82 Å². The second-order valence-corrected chi connectivity index (χ2v) is 7.17. The van der Waals surface area contributed by atoms with Gasteiger partial charge in [0.15, 0.2) is 5.75 Å². The zero-order valence-corrected chi connectivity index (χ0v) is 16.3. The van der Waals surface area contributed by atoms with Crippen LogP contribution in [0.25, 0.3) is 10.9 Å². The maximum atomic E-state index is 14.9. The van der Waals surface area contributed by atoms with Crippen molar-refractivity contribution in [3.8, 4) is 5.75 Å². The molecule has 2 N–H and O–H groups in total. The highest BCUT2D eigenvalue weighted by Crippen LogP contribution is 2.33. The third kappa shape index (κ3) is 3.54. The summed E-state index contributed by atoms with van der Waals surface area (Å²) in [6.07, 6.45) is 2.07. The number of ether oxygens (including phenoxy) is 1. The van der Waals surface area contributed by atoms with Crippen molar-refractivity contribution in [3.63, 3.8) is 0 Å². The molecule has 2 unspecified atom stereocenters. The van der Waals surface area contributed by atoms with Crippen LogP contribution in [0.5, 0.6) is 5.75 Å². The van der Waals surface area contributed by atoms with Gasteiger partial charge in [-0.3, -0.25) is 4.79 Å². The lowest BCUT2D eigenvalue weighted by atomic mass is 9.94. The number of piperidine rings is 1. The van der Waals surface area contributed by atoms with E-state index in [2.05, 4.69) is 10.1 Å². The van der Waals surface area contributed by atoms with Gasteiger partial charge in [-0.1, -0.05) is 0 Å². The summed E-state index contributed by atoms with van der Waals surface area (Å²) in [5.74, 6) is -0.290. The maximum Gasteiger partial charge on any atom is 0.511 e. The Labute approximate surface area is 167 Å². The van der Waals surface area contributed by atoms with Crippen molar-refractivity contribution in [2.75, 3.05) is 24.5 Å². The number of carbonyl (C=O) groups is 1. The van der Waals surface area contributed by atoms with Crippen molar-refractivity contribution in [1.29, 1.82) is 0 Å². The number of hydrogen-bond acceptors (Lipinski definition) is 5. The number of aryl methyl sites for hydroxylation is 1. The van der Waals surface area contributed by atoms with E-state index in [-0.39, 0.29) is 23.5 Å². The number of nitrogens with one attached hydrogen (secondary N) is 1. The van der Waals surface area contributed by atoms with Gasteiger partial charge in [-0.2, -0.15) is 0 Å². The standard InChI is InChI=1S/C19H22FN3O4.ClH/c1-2-22-10-17(27-19(25)26)18(24)12-6-13(20)16(7-15(12)22)23-8-11-4-3-5-21-14(11)9-23;/h6-7,10-11,14,21H,2-5,8-9H2,1H3,(H,25,26);1H. The summed E-state index contributed by atoms with van der Waals surface area (Å²) in [5, 5.41) is 12.4. The van der Waals surface area contributed by atoms with Crippen LogP contribution < -0.4 is 20.4 Å². The van der Waals surface area contributed by atoms with Gasteiger partial charge < -0.3 is 24.6 Å². The first-order valence-corrected chi connectivity index (χ1v) is 9.23. The van der Waals surface area contributed by atoms with Gasteiger partial charge in [0, 0.05) is 25.7 Å². The van der Waals surface area contributed by atoms with Crippen LogP contribution in [0.2, 0.25) is 0 Å². The van der Waals surface area contributed by atoms with E-state index in [0.29, 0.717) is 29.7 Å². The lowest BCUT2D eigenvalue weighted by molar-refractivity contribution is 0.144. The van der Waals surface area contributed by atoms with Gasteiger partial charge >= 0.3 is 6.16 Å². The summed E-state index contributed by atoms with van der Waals surface area (Å²) in [4.78, 5) is 25.4. The molecule has 0 amide bonds. The molecule has 2 atom stereocenters. The molecule has 152 valence electrons. The van der Waals surface area contributed by atoms with Crippen molar-refractivity contribution in [2.45, 2.75) is 32.4 Å². The fourth-order valence-corrected chi connectivity index (χ4v) is 4.29. The Kier molecular flexibility index (Phi) is 5.81. The Hall–Kier alpha value is -2.32. The molecule has 0 aliphatic carbocycles. The Morgan fingerprint density at radius 2 is 2.18 bits per heavy atom. The lowest BCUT2D eigenvalue weighted by Gasteiger charge is -2.24. The second-order valence-electron chi connectivity index (χ2n) is 7.17. The molecule has 2 aromatic rings. The highest BCUT2D eigenvalue weighted by molar-refractivity contribution is 5.85. The van der Waals surface area contributed by atoms with E-state index in [1.165, 1.54) is 12.3 Å². The number of fused-ring (bicyclic) bond motifs is 2. The minimum Gasteiger partial charge on any atom is -0.449 e. The van der Waals surface area contributed by atoms with Crippen molar-refractivity contribution in [2.24, 2.45) is 5.92 Å². The highest BCUT2D eigenvalue weighted by Gasteiger charge is 2.35. The quantitative estimate of drug-likeness (QED) is 0.755. The topological polar surface area (TPSA) is 83.8 Å². The Morgan fingerprint density at radius 1 is 1.39 bits per heavy atom. The van der Waals surface area contributed by atoms with Crippen LogP contribution in [0.3, 0.4) is 0 Å². The van der Waals surface area contributed by atoms with Crippen LogP contribution in [-0.2, 0) is 6.54 Å². The molecule has 2 aliphatic rings. The summed E-state index contributed by atoms with van der Waals surface area (Å²) < 4.78 is 21.2. The monoisotopic (exact) mass is 411 g/mol. The van der Waals surface area contributed by atoms with E-state index in [1.807, 2.05) is 11.8 Å². The average Bonchev–Trinajstić information content (AvgIpc) is 3.07. The van der Waals surface area contributed by atoms with E-state index >= 15 is 0 Å². The second kappa shape index (κ2) is 7.97. The molecule has 2 saturated heterocycles. The van der Waals surface area contributed by atoms with Gasteiger partial charge in [0.2, 0.25) is 5.43 Å². The average molecular weight is 412 g/mol. The van der Waals surface area contributed by atoms with Gasteiger partial charge in [0.25, 0.3) is 0 Å². The molecule has 9 heteroatoms. The van der Waals surface area contributed by atoms with Gasteiger partial charge in [-0.25, -0.2) is 9.18 Å². The predicted molar refractivity (Wildman–Crippen MR) is 106 cm³/mol. The molecule has 2 fully saturated rings. The Bertz CT molecular complexity index is 950. The Balaban J connectivity index is 0.00000225. The first-order chi connectivity index (χ1) is 13.0. The number of hydrogen-bond donors (Lipinski definition) is 2. The summed E-state index contributed by atoms with van der Waals surface area (Å²) in [7, 11) is 0. The lowest BCUT2D eigenvalue weighted by Crippen LogP contribution is -2.40. The van der Waals surface area contributed by atoms with E-state index in [4.69, 9.17) is 5.11 Å². The predicted octanol–water partition coefficient (Wildman–Crippen LogP) is 2.83. The van der Waals surface area contributed by atoms with E-state index < -0.39 is 17.4 Å². The van der Waals surface area contributed by atoms with Crippen LogP contribution in [0.1, 0.15) is 19.8 Å². The Morgan fingerprint density at radius 3 is 2.86 bits per heavy atom. The zero-order valence-electron chi connectivity index (χ0n) is 15.5. The number of rotatable bonds is 3. The first-order valence-electron chi connectivity index (χ1n) is 9.23. The van der Waals surface area contributed by atoms with Crippen molar-refractivity contribution < 1.29 is 19.0 Å². The molecule has 1 aromatic heterocycles. The summed E-state index contributed by atoms with van der Waals surface area (Å²) >= 11 is 0. The third-order valence-corrected chi connectivity index (χ3v) is 5.59. The normalized spacial score (nSPS) is 21.3. The number of pyridine rings is 1. The summed E-state index contributed by atoms with van der Waals surface area (Å²) in [6, 6.07) is 3.26. The van der Waals surface area contributed by atoms with Crippen LogP contribution >= 0.6 is 12.4 Å². The van der Waals surface area contributed by atoms with Crippen LogP contribution in [0.15, 0.2) is 23.1 Å². The molecule has 0 spiro atoms. The van der Waals surface area contributed by atoms with Crippen molar-refractivity contribution in [3.05, 3.63) is 34.4 Å². The van der Waals surface area contributed by atoms with E-state index in [9.17, 15) is 14.0 Å². The SMILES string of the molecule is CCn1cc(OC(=O)O)c(=O)c2cc(F)c(N3CC4CCCNC4C3)cc21.Cl. The van der Waals surface area contributed by atoms with Crippen molar-refractivity contribution >= 4 is 35.2 Å². The molecule has 0 bridgehead atoms. The molecule has 4 rings (SSSR count). The molecule has 1 aromatic carbocycles. The fraction of sp³-hybridized carbons (Fsp3) is 0.474. The molecule has 7 nitrogen and oxygen atoms in total. The number of benzene rings is 1. The smallest absolute Gasteiger partial charge is 0.449 e. The molecule has 28 heavy (non-hydrogen) atoms. The fourth-order valence-electron chi connectivity index (χ4n) is 4.29. The molecule has 2 aliphatic heterocycles. The number of aromatic nitrogens is 1. The van der Waals surface area contributed by atoms with Crippen LogP contribution in [-0.4, -0.2) is 41.5 Å². The van der Waals surface area contributed by atoms with E-state index in [0.717, 1.165) is 32.5 Å². The maximum absolute atomic E-state index is 14.9. The molecular formula is C19H23ClFN3O4. The number of anilines is 1. The number of nitrogens with zero attached hydrogens (tertiary/aromatic N) is 2. The summed E-state index contributed by atoms with van der Waals surface area (Å²) in [5.41, 5.74) is 0.422. The van der Waals surface area contributed by atoms with E-state index in [1.54, 1.807) is 10.6 Å².